The van der Waals surface area contributed by atoms with E-state index in [-0.39, 0.29) is 12.0 Å². The summed E-state index contributed by atoms with van der Waals surface area (Å²) in [7, 11) is 1.43. The molecule has 0 radical (unpaired) electrons. The number of hydrogen-bond donors (Lipinski definition) is 1. The minimum Gasteiger partial charge on any atom is -0.388 e. The molecule has 0 unspecified atom stereocenters. The molecule has 1 N–H and O–H groups in total. The molecular formula is C10H10F3NO. The number of rotatable bonds is 3. The van der Waals surface area contributed by atoms with Gasteiger partial charge in [-0.25, -0.2) is 13.2 Å². The normalized spacial score (nSPS) is 11.3. The molecule has 0 aliphatic carbocycles. The average Bonchev–Trinajstić information content (AvgIpc) is 2.15. The van der Waals surface area contributed by atoms with E-state index in [2.05, 4.69) is 5.32 Å². The maximum atomic E-state index is 13.2. The second-order valence-electron chi connectivity index (χ2n) is 3.14. The Hall–Kier alpha value is -1.52. The summed E-state index contributed by atoms with van der Waals surface area (Å²) >= 11 is 0. The van der Waals surface area contributed by atoms with Gasteiger partial charge < -0.3 is 5.32 Å². The molecular weight excluding hydrogens is 207 g/mol. The van der Waals surface area contributed by atoms with E-state index in [4.69, 9.17) is 0 Å². The lowest BCUT2D eigenvalue weighted by atomic mass is 10.0. The summed E-state index contributed by atoms with van der Waals surface area (Å²) in [5, 5.41) is 2.50. The highest BCUT2D eigenvalue weighted by atomic mass is 19.3. The second kappa shape index (κ2) is 3.92. The third-order valence-electron chi connectivity index (χ3n) is 2.02. The first-order valence-corrected chi connectivity index (χ1v) is 4.25. The van der Waals surface area contributed by atoms with Crippen LogP contribution in [0.1, 0.15) is 22.8 Å². The van der Waals surface area contributed by atoms with Crippen LogP contribution in [0.15, 0.2) is 12.1 Å². The number of anilines is 1. The Morgan fingerprint density at radius 2 is 2.00 bits per heavy atom. The zero-order chi connectivity index (χ0) is 11.6. The molecule has 15 heavy (non-hydrogen) atoms. The van der Waals surface area contributed by atoms with Gasteiger partial charge in [-0.15, -0.1) is 0 Å². The van der Waals surface area contributed by atoms with E-state index in [1.54, 1.807) is 0 Å². The van der Waals surface area contributed by atoms with Gasteiger partial charge in [0.1, 0.15) is 5.82 Å². The van der Waals surface area contributed by atoms with Crippen LogP contribution in [-0.4, -0.2) is 13.3 Å². The summed E-state index contributed by atoms with van der Waals surface area (Å²) in [6.07, 6.45) is 0.100. The van der Waals surface area contributed by atoms with Crippen LogP contribution in [0.5, 0.6) is 0 Å². The molecule has 0 saturated carbocycles. The summed E-state index contributed by atoms with van der Waals surface area (Å²) in [6.45, 7) is 0.621. The molecule has 0 atom stereocenters. The number of alkyl halides is 2. The summed E-state index contributed by atoms with van der Waals surface area (Å²) in [4.78, 5) is 10.6. The fourth-order valence-electron chi connectivity index (χ4n) is 1.39. The van der Waals surface area contributed by atoms with Gasteiger partial charge in [-0.3, -0.25) is 4.79 Å². The van der Waals surface area contributed by atoms with Crippen LogP contribution in [0.25, 0.3) is 0 Å². The minimum atomic E-state index is -3.27. The van der Waals surface area contributed by atoms with Crippen LogP contribution in [0.4, 0.5) is 18.9 Å². The van der Waals surface area contributed by atoms with Crippen LogP contribution in [0.3, 0.4) is 0 Å². The van der Waals surface area contributed by atoms with Crippen molar-refractivity contribution in [3.05, 3.63) is 29.1 Å². The Labute approximate surface area is 85.1 Å². The molecule has 0 aliphatic heterocycles. The Morgan fingerprint density at radius 1 is 1.40 bits per heavy atom. The Kier molecular flexibility index (Phi) is 3.02. The number of hydrogen-bond acceptors (Lipinski definition) is 2. The van der Waals surface area contributed by atoms with Crippen molar-refractivity contribution < 1.29 is 18.0 Å². The Bertz CT molecular complexity index is 385. The van der Waals surface area contributed by atoms with E-state index in [1.807, 2.05) is 0 Å². The number of nitrogens with one attached hydrogen (secondary N) is 1. The molecule has 0 saturated heterocycles. The van der Waals surface area contributed by atoms with E-state index in [0.717, 1.165) is 6.07 Å². The van der Waals surface area contributed by atoms with Gasteiger partial charge in [0.05, 0.1) is 11.1 Å². The van der Waals surface area contributed by atoms with Crippen LogP contribution >= 0.6 is 0 Å². The van der Waals surface area contributed by atoms with Gasteiger partial charge in [-0.2, -0.15) is 0 Å². The molecule has 1 rings (SSSR count). The fraction of sp³-hybridized carbons (Fsp3) is 0.300. The van der Waals surface area contributed by atoms with E-state index in [0.29, 0.717) is 6.92 Å². The van der Waals surface area contributed by atoms with Crippen LogP contribution in [0.2, 0.25) is 0 Å². The zero-order valence-electron chi connectivity index (χ0n) is 8.27. The lowest BCUT2D eigenvalue weighted by molar-refractivity contribution is 0.0171. The monoisotopic (exact) mass is 217 g/mol. The molecule has 0 aliphatic rings. The maximum Gasteiger partial charge on any atom is 0.273 e. The van der Waals surface area contributed by atoms with Gasteiger partial charge in [0, 0.05) is 19.7 Å². The first-order valence-electron chi connectivity index (χ1n) is 4.25. The molecule has 0 aromatic heterocycles. The van der Waals surface area contributed by atoms with E-state index in [9.17, 15) is 18.0 Å². The highest BCUT2D eigenvalue weighted by Crippen LogP contribution is 2.36. The third kappa shape index (κ3) is 2.11. The highest BCUT2D eigenvalue weighted by molar-refractivity contribution is 5.82. The predicted molar refractivity (Wildman–Crippen MR) is 50.9 cm³/mol. The molecule has 0 spiro atoms. The van der Waals surface area contributed by atoms with Crippen LogP contribution in [-0.2, 0) is 5.92 Å². The molecule has 0 amide bonds. The lowest BCUT2D eigenvalue weighted by Crippen LogP contribution is -2.15. The first kappa shape index (κ1) is 11.6. The van der Waals surface area contributed by atoms with Gasteiger partial charge in [0.15, 0.2) is 6.29 Å². The lowest BCUT2D eigenvalue weighted by Gasteiger charge is -2.17. The average molecular weight is 217 g/mol. The van der Waals surface area contributed by atoms with E-state index in [1.165, 1.54) is 13.1 Å². The molecule has 1 aromatic rings. The van der Waals surface area contributed by atoms with Gasteiger partial charge in [-0.05, 0) is 12.1 Å². The summed E-state index contributed by atoms with van der Waals surface area (Å²) in [5.74, 6) is -4.21. The number of benzene rings is 1. The SMILES string of the molecule is CNc1ccc(F)c(C=O)c1C(C)(F)F. The molecule has 0 heterocycles. The third-order valence-corrected chi connectivity index (χ3v) is 2.02. The number of carbonyl (C=O) groups is 1. The van der Waals surface area contributed by atoms with Crippen molar-refractivity contribution in [2.75, 3.05) is 12.4 Å². The van der Waals surface area contributed by atoms with Gasteiger partial charge >= 0.3 is 0 Å². The number of halogens is 3. The fourth-order valence-corrected chi connectivity index (χ4v) is 1.39. The van der Waals surface area contributed by atoms with Crippen molar-refractivity contribution >= 4 is 12.0 Å². The quantitative estimate of drug-likeness (QED) is 0.789. The molecule has 0 fully saturated rings. The van der Waals surface area contributed by atoms with Crippen molar-refractivity contribution in [2.45, 2.75) is 12.8 Å². The molecule has 2 nitrogen and oxygen atoms in total. The van der Waals surface area contributed by atoms with Crippen molar-refractivity contribution in [3.63, 3.8) is 0 Å². The number of carbonyl (C=O) groups excluding carboxylic acids is 1. The number of aldehydes is 1. The molecule has 0 bridgehead atoms. The largest absolute Gasteiger partial charge is 0.388 e. The van der Waals surface area contributed by atoms with Crippen molar-refractivity contribution in [1.29, 1.82) is 0 Å². The van der Waals surface area contributed by atoms with Crippen molar-refractivity contribution in [1.82, 2.24) is 0 Å². The predicted octanol–water partition coefficient (Wildman–Crippen LogP) is 2.79. The molecule has 1 aromatic carbocycles. The standard InChI is InChI=1S/C10H10F3NO/c1-10(12,13)9-6(5-15)7(11)3-4-8(9)14-2/h3-5,14H,1-2H3. The van der Waals surface area contributed by atoms with E-state index < -0.39 is 22.9 Å². The summed E-state index contributed by atoms with van der Waals surface area (Å²) < 4.78 is 39.4. The van der Waals surface area contributed by atoms with Gasteiger partial charge in [0.2, 0.25) is 0 Å². The highest BCUT2D eigenvalue weighted by Gasteiger charge is 2.32. The minimum absolute atomic E-state index is 0.0472. The summed E-state index contributed by atoms with van der Waals surface area (Å²) in [6, 6.07) is 2.15. The van der Waals surface area contributed by atoms with E-state index >= 15 is 0 Å². The molecule has 5 heteroatoms. The molecule has 82 valence electrons. The van der Waals surface area contributed by atoms with Crippen molar-refractivity contribution in [3.8, 4) is 0 Å². The Morgan fingerprint density at radius 3 is 2.40 bits per heavy atom. The summed E-state index contributed by atoms with van der Waals surface area (Å²) in [5.41, 5.74) is -1.17. The van der Waals surface area contributed by atoms with Crippen LogP contribution < -0.4 is 5.32 Å². The Balaban J connectivity index is 3.55. The topological polar surface area (TPSA) is 29.1 Å². The van der Waals surface area contributed by atoms with Crippen molar-refractivity contribution in [2.24, 2.45) is 0 Å². The van der Waals surface area contributed by atoms with Crippen LogP contribution in [0, 0.1) is 5.82 Å². The first-order chi connectivity index (χ1) is 6.91. The van der Waals surface area contributed by atoms with Gasteiger partial charge in [-0.1, -0.05) is 0 Å². The maximum absolute atomic E-state index is 13.2. The smallest absolute Gasteiger partial charge is 0.273 e. The van der Waals surface area contributed by atoms with Gasteiger partial charge in [0.25, 0.3) is 5.92 Å². The second-order valence-corrected chi connectivity index (χ2v) is 3.14. The zero-order valence-corrected chi connectivity index (χ0v) is 8.27.